The zero-order valence-corrected chi connectivity index (χ0v) is 19.7. The molecule has 0 aliphatic rings. The fourth-order valence-electron chi connectivity index (χ4n) is 3.61. The molecule has 0 aliphatic heterocycles. The zero-order valence-electron chi connectivity index (χ0n) is 18.1. The van der Waals surface area contributed by atoms with E-state index < -0.39 is 11.2 Å². The van der Waals surface area contributed by atoms with Crippen molar-refractivity contribution in [2.75, 3.05) is 12.4 Å². The van der Waals surface area contributed by atoms with E-state index in [4.69, 9.17) is 27.9 Å². The predicted octanol–water partition coefficient (Wildman–Crippen LogP) is 3.36. The number of amides is 1. The number of fused-ring (bicyclic) bond motifs is 1. The Morgan fingerprint density at radius 2 is 1.76 bits per heavy atom. The molecule has 9 nitrogen and oxygen atoms in total. The minimum atomic E-state index is -0.522. The zero-order chi connectivity index (χ0) is 24.0. The highest BCUT2D eigenvalue weighted by molar-refractivity contribution is 6.42. The molecule has 4 aromatic rings. The van der Waals surface area contributed by atoms with E-state index in [9.17, 15) is 14.4 Å². The highest BCUT2D eigenvalue weighted by atomic mass is 35.5. The third kappa shape index (κ3) is 3.79. The van der Waals surface area contributed by atoms with Crippen molar-refractivity contribution < 1.29 is 9.53 Å². The summed E-state index contributed by atoms with van der Waals surface area (Å²) in [6, 6.07) is 9.96. The van der Waals surface area contributed by atoms with Crippen molar-refractivity contribution in [3.63, 3.8) is 0 Å². The van der Waals surface area contributed by atoms with Crippen molar-refractivity contribution in [1.82, 2.24) is 18.7 Å². The van der Waals surface area contributed by atoms with Crippen LogP contribution in [0.5, 0.6) is 5.75 Å². The second kappa shape index (κ2) is 8.42. The van der Waals surface area contributed by atoms with Crippen LogP contribution in [0.25, 0.3) is 28.2 Å². The average Bonchev–Trinajstić information content (AvgIpc) is 3.18. The smallest absolute Gasteiger partial charge is 0.332 e. The number of halogens is 2. The predicted molar refractivity (Wildman–Crippen MR) is 128 cm³/mol. The van der Waals surface area contributed by atoms with Gasteiger partial charge in [-0.15, -0.1) is 0 Å². The number of carbonyl (C=O) groups is 1. The van der Waals surface area contributed by atoms with Gasteiger partial charge in [-0.2, -0.15) is 0 Å². The summed E-state index contributed by atoms with van der Waals surface area (Å²) in [5.74, 6) is 0.513. The monoisotopic (exact) mass is 487 g/mol. The Balaban J connectivity index is 2.13. The number of ether oxygens (including phenoxy) is 1. The van der Waals surface area contributed by atoms with Crippen molar-refractivity contribution in [3.8, 4) is 22.8 Å². The van der Waals surface area contributed by atoms with Crippen LogP contribution in [0.2, 0.25) is 10.0 Å². The lowest BCUT2D eigenvalue weighted by Gasteiger charge is -2.14. The van der Waals surface area contributed by atoms with Gasteiger partial charge in [0.2, 0.25) is 5.91 Å². The molecule has 0 saturated carbocycles. The summed E-state index contributed by atoms with van der Waals surface area (Å²) >= 11 is 12.4. The van der Waals surface area contributed by atoms with E-state index in [2.05, 4.69) is 10.3 Å². The fourth-order valence-corrected chi connectivity index (χ4v) is 3.90. The Morgan fingerprint density at radius 1 is 1.03 bits per heavy atom. The highest BCUT2D eigenvalue weighted by Crippen LogP contribution is 2.36. The van der Waals surface area contributed by atoms with Crippen LogP contribution < -0.4 is 21.3 Å². The number of nitrogens with one attached hydrogen (secondary N) is 1. The minimum Gasteiger partial charge on any atom is -0.496 e. The maximum Gasteiger partial charge on any atom is 0.332 e. The summed E-state index contributed by atoms with van der Waals surface area (Å²) in [5, 5.41) is 3.34. The van der Waals surface area contributed by atoms with Crippen molar-refractivity contribution >= 4 is 46.0 Å². The van der Waals surface area contributed by atoms with Crippen molar-refractivity contribution in [2.24, 2.45) is 14.1 Å². The van der Waals surface area contributed by atoms with Crippen LogP contribution in [0.1, 0.15) is 6.92 Å². The van der Waals surface area contributed by atoms with E-state index >= 15 is 0 Å². The quantitative estimate of drug-likeness (QED) is 0.475. The Labute approximate surface area is 197 Å². The normalized spacial score (nSPS) is 11.1. The first kappa shape index (κ1) is 22.6. The van der Waals surface area contributed by atoms with Gasteiger partial charge in [0, 0.05) is 38.5 Å². The molecular formula is C22H19Cl2N5O4. The second-order valence-electron chi connectivity index (χ2n) is 7.34. The molecule has 1 amide bonds. The average molecular weight is 488 g/mol. The number of rotatable bonds is 4. The molecule has 2 aromatic heterocycles. The van der Waals surface area contributed by atoms with Crippen LogP contribution in [0, 0.1) is 0 Å². The molecule has 0 bridgehead atoms. The Morgan fingerprint density at radius 3 is 2.39 bits per heavy atom. The number of benzene rings is 2. The van der Waals surface area contributed by atoms with Crippen LogP contribution in [-0.4, -0.2) is 31.7 Å². The lowest BCUT2D eigenvalue weighted by molar-refractivity contribution is -0.114. The van der Waals surface area contributed by atoms with Gasteiger partial charge in [-0.05, 0) is 30.3 Å². The van der Waals surface area contributed by atoms with E-state index in [-0.39, 0.29) is 22.1 Å². The van der Waals surface area contributed by atoms with Gasteiger partial charge >= 0.3 is 5.69 Å². The van der Waals surface area contributed by atoms with Gasteiger partial charge < -0.3 is 10.1 Å². The summed E-state index contributed by atoms with van der Waals surface area (Å²) in [6.07, 6.45) is 0. The fraction of sp³-hybridized carbons (Fsp3) is 0.182. The Hall–Kier alpha value is -3.56. The van der Waals surface area contributed by atoms with Crippen molar-refractivity contribution in [3.05, 3.63) is 67.3 Å². The van der Waals surface area contributed by atoms with E-state index in [1.54, 1.807) is 41.0 Å². The maximum atomic E-state index is 13.2. The van der Waals surface area contributed by atoms with E-state index in [0.29, 0.717) is 33.5 Å². The molecule has 1 N–H and O–H groups in total. The van der Waals surface area contributed by atoms with Crippen LogP contribution >= 0.6 is 23.2 Å². The molecule has 0 atom stereocenters. The molecule has 0 unspecified atom stereocenters. The third-order valence-electron chi connectivity index (χ3n) is 5.18. The molecule has 0 spiro atoms. The first-order chi connectivity index (χ1) is 15.6. The molecule has 0 radical (unpaired) electrons. The number of hydrogen-bond donors (Lipinski definition) is 1. The van der Waals surface area contributed by atoms with E-state index in [0.717, 1.165) is 4.57 Å². The SMILES string of the molecule is COc1cc(NC(C)=O)ccc1-c1nc2c(c(=O)n(C)c(=O)n2C)n1-c1ccc(Cl)c(Cl)c1. The van der Waals surface area contributed by atoms with Crippen LogP contribution in [0.15, 0.2) is 46.0 Å². The molecule has 0 fully saturated rings. The van der Waals surface area contributed by atoms with E-state index in [1.807, 2.05) is 0 Å². The summed E-state index contributed by atoms with van der Waals surface area (Å²) in [4.78, 5) is 41.8. The van der Waals surface area contributed by atoms with Gasteiger partial charge in [0.1, 0.15) is 5.75 Å². The number of imidazole rings is 1. The third-order valence-corrected chi connectivity index (χ3v) is 5.92. The standard InChI is InChI=1S/C22H19Cl2N5O4/c1-11(30)25-12-5-7-14(17(9-12)33-4)19-26-20-18(21(31)28(3)22(32)27(20)2)29(19)13-6-8-15(23)16(24)10-13/h5-10H,1-4H3,(H,25,30). The molecule has 2 heterocycles. The molecule has 0 aliphatic carbocycles. The van der Waals surface area contributed by atoms with Gasteiger partial charge in [0.05, 0.1) is 22.7 Å². The Kier molecular flexibility index (Phi) is 5.77. The number of hydrogen-bond acceptors (Lipinski definition) is 5. The van der Waals surface area contributed by atoms with Gasteiger partial charge in [-0.1, -0.05) is 23.2 Å². The molecule has 170 valence electrons. The summed E-state index contributed by atoms with van der Waals surface area (Å²) in [5.41, 5.74) is 0.924. The number of aryl methyl sites for hydroxylation is 1. The van der Waals surface area contributed by atoms with E-state index in [1.165, 1.54) is 32.7 Å². The lowest BCUT2D eigenvalue weighted by Crippen LogP contribution is -2.37. The summed E-state index contributed by atoms with van der Waals surface area (Å²) < 4.78 is 9.47. The van der Waals surface area contributed by atoms with Crippen LogP contribution in [0.3, 0.4) is 0 Å². The second-order valence-corrected chi connectivity index (χ2v) is 8.16. The summed E-state index contributed by atoms with van der Waals surface area (Å²) in [6.45, 7) is 1.40. The highest BCUT2D eigenvalue weighted by Gasteiger charge is 2.23. The molecule has 4 rings (SSSR count). The topological polar surface area (TPSA) is 100 Å². The summed E-state index contributed by atoms with van der Waals surface area (Å²) in [7, 11) is 4.42. The number of anilines is 1. The molecule has 0 saturated heterocycles. The molecular weight excluding hydrogens is 469 g/mol. The van der Waals surface area contributed by atoms with Crippen LogP contribution in [-0.2, 0) is 18.9 Å². The Bertz CT molecular complexity index is 1550. The number of methoxy groups -OCH3 is 1. The maximum absolute atomic E-state index is 13.2. The largest absolute Gasteiger partial charge is 0.496 e. The first-order valence-corrected chi connectivity index (χ1v) is 10.5. The van der Waals surface area contributed by atoms with Gasteiger partial charge in [0.15, 0.2) is 17.0 Å². The van der Waals surface area contributed by atoms with Crippen molar-refractivity contribution in [1.29, 1.82) is 0 Å². The van der Waals surface area contributed by atoms with Gasteiger partial charge in [0.25, 0.3) is 5.56 Å². The number of carbonyl (C=O) groups excluding carboxylic acids is 1. The van der Waals surface area contributed by atoms with Crippen molar-refractivity contribution in [2.45, 2.75) is 6.92 Å². The van der Waals surface area contributed by atoms with Gasteiger partial charge in [-0.25, -0.2) is 9.78 Å². The van der Waals surface area contributed by atoms with Crippen LogP contribution in [0.4, 0.5) is 5.69 Å². The molecule has 33 heavy (non-hydrogen) atoms. The number of aromatic nitrogens is 4. The first-order valence-electron chi connectivity index (χ1n) is 9.74. The lowest BCUT2D eigenvalue weighted by atomic mass is 10.1. The molecule has 11 heteroatoms. The minimum absolute atomic E-state index is 0.181. The van der Waals surface area contributed by atoms with Gasteiger partial charge in [-0.3, -0.25) is 23.3 Å². The number of nitrogens with zero attached hydrogens (tertiary/aromatic N) is 4. The molecule has 2 aromatic carbocycles.